The highest BCUT2D eigenvalue weighted by Crippen LogP contribution is 1.98. The molecule has 0 saturated carbocycles. The molecule has 4 nitrogen and oxygen atoms in total. The Morgan fingerprint density at radius 1 is 1.40 bits per heavy atom. The van der Waals surface area contributed by atoms with E-state index in [-0.39, 0.29) is 0 Å². The standard InChI is InChI=1S/C5H13N.HO3P/c1-3-5-6-4-2;1-4(2)3/h6H,3-5H2,1-2H3;(H-,1,2,3)/p+1. The topological polar surface area (TPSA) is 69.6 Å². The zero-order chi connectivity index (χ0) is 8.41. The van der Waals surface area contributed by atoms with E-state index in [4.69, 9.17) is 14.4 Å². The predicted molar refractivity (Wildman–Crippen MR) is 40.9 cm³/mol. The lowest BCUT2D eigenvalue weighted by molar-refractivity contribution is 0.405. The molecule has 5 heteroatoms. The molecule has 0 aliphatic rings. The van der Waals surface area contributed by atoms with Crippen molar-refractivity contribution in [3.8, 4) is 0 Å². The van der Waals surface area contributed by atoms with Crippen LogP contribution in [-0.2, 0) is 4.57 Å². The zero-order valence-corrected chi connectivity index (χ0v) is 7.27. The maximum absolute atomic E-state index is 8.70. The molecule has 0 amide bonds. The van der Waals surface area contributed by atoms with Gasteiger partial charge in [0.15, 0.2) is 0 Å². The van der Waals surface area contributed by atoms with E-state index in [9.17, 15) is 0 Å². The summed E-state index contributed by atoms with van der Waals surface area (Å²) in [6, 6.07) is 0. The minimum atomic E-state index is -2.87. The fraction of sp³-hybridized carbons (Fsp3) is 1.00. The summed E-state index contributed by atoms with van der Waals surface area (Å²) in [5, 5.41) is 3.20. The Bertz CT molecular complexity index is 71.3. The molecule has 0 spiro atoms. The fourth-order valence-electron chi connectivity index (χ4n) is 0.354. The van der Waals surface area contributed by atoms with Gasteiger partial charge in [-0.1, -0.05) is 13.8 Å². The van der Waals surface area contributed by atoms with Gasteiger partial charge in [-0.15, -0.1) is 9.79 Å². The third kappa shape index (κ3) is 43.8. The molecule has 0 aliphatic carbocycles. The largest absolute Gasteiger partial charge is 0.692 e. The Labute approximate surface area is 62.2 Å². The van der Waals surface area contributed by atoms with Crippen molar-refractivity contribution < 1.29 is 14.4 Å². The average molecular weight is 168 g/mol. The molecule has 0 heterocycles. The van der Waals surface area contributed by atoms with Gasteiger partial charge >= 0.3 is 8.25 Å². The number of rotatable bonds is 3. The smallest absolute Gasteiger partial charge is 0.317 e. The number of hydrogen-bond acceptors (Lipinski definition) is 2. The van der Waals surface area contributed by atoms with Crippen molar-refractivity contribution in [1.29, 1.82) is 0 Å². The van der Waals surface area contributed by atoms with Crippen LogP contribution in [0.25, 0.3) is 0 Å². The van der Waals surface area contributed by atoms with Crippen LogP contribution in [-0.4, -0.2) is 22.9 Å². The summed E-state index contributed by atoms with van der Waals surface area (Å²) in [6.45, 7) is 6.56. The number of hydrogen-bond donors (Lipinski definition) is 3. The van der Waals surface area contributed by atoms with E-state index in [1.807, 2.05) is 0 Å². The second-order valence-electron chi connectivity index (χ2n) is 1.61. The fourth-order valence-corrected chi connectivity index (χ4v) is 0.354. The highest BCUT2D eigenvalue weighted by atomic mass is 31.1. The first kappa shape index (κ1) is 12.6. The number of nitrogens with one attached hydrogen (secondary N) is 1. The van der Waals surface area contributed by atoms with Gasteiger partial charge in [-0.2, -0.15) is 0 Å². The molecule has 0 saturated heterocycles. The van der Waals surface area contributed by atoms with Gasteiger partial charge in [0.2, 0.25) is 0 Å². The van der Waals surface area contributed by atoms with Crippen LogP contribution < -0.4 is 5.32 Å². The van der Waals surface area contributed by atoms with Crippen LogP contribution in [0.2, 0.25) is 0 Å². The van der Waals surface area contributed by atoms with Gasteiger partial charge in [-0.05, 0) is 19.5 Å². The van der Waals surface area contributed by atoms with Gasteiger partial charge in [-0.3, -0.25) is 0 Å². The van der Waals surface area contributed by atoms with E-state index in [1.54, 1.807) is 0 Å². The molecule has 0 aromatic rings. The Hall–Kier alpha value is -0.0200. The SMILES string of the molecule is CCCNCC.O=[P+](O)O. The van der Waals surface area contributed by atoms with Crippen LogP contribution in [0.4, 0.5) is 0 Å². The average Bonchev–Trinajstić information content (AvgIpc) is 1.82. The molecule has 0 bridgehead atoms. The molecule has 62 valence electrons. The Morgan fingerprint density at radius 2 is 1.80 bits per heavy atom. The van der Waals surface area contributed by atoms with Crippen LogP contribution in [0.3, 0.4) is 0 Å². The first-order valence-electron chi connectivity index (χ1n) is 3.20. The summed E-state index contributed by atoms with van der Waals surface area (Å²) in [7, 11) is -2.87. The van der Waals surface area contributed by atoms with Gasteiger partial charge < -0.3 is 5.32 Å². The van der Waals surface area contributed by atoms with E-state index in [1.165, 1.54) is 6.42 Å². The van der Waals surface area contributed by atoms with Gasteiger partial charge in [0, 0.05) is 4.57 Å². The highest BCUT2D eigenvalue weighted by Gasteiger charge is 1.93. The minimum absolute atomic E-state index is 1.10. The van der Waals surface area contributed by atoms with E-state index < -0.39 is 8.25 Å². The van der Waals surface area contributed by atoms with Crippen molar-refractivity contribution in [3.63, 3.8) is 0 Å². The van der Waals surface area contributed by atoms with Crippen molar-refractivity contribution in [2.24, 2.45) is 0 Å². The minimum Gasteiger partial charge on any atom is -0.317 e. The molecule has 0 aromatic carbocycles. The molecule has 0 radical (unpaired) electrons. The van der Waals surface area contributed by atoms with Gasteiger partial charge in [0.1, 0.15) is 0 Å². The van der Waals surface area contributed by atoms with Crippen LogP contribution in [0.5, 0.6) is 0 Å². The maximum atomic E-state index is 8.70. The van der Waals surface area contributed by atoms with E-state index in [2.05, 4.69) is 19.2 Å². The van der Waals surface area contributed by atoms with Crippen LogP contribution in [0.15, 0.2) is 0 Å². The molecule has 0 rings (SSSR count). The van der Waals surface area contributed by atoms with Crippen molar-refractivity contribution in [1.82, 2.24) is 5.32 Å². The lowest BCUT2D eigenvalue weighted by atomic mass is 10.5. The molecular formula is C5H15NO3P+. The van der Waals surface area contributed by atoms with Gasteiger partial charge in [0.25, 0.3) is 0 Å². The summed E-state index contributed by atoms with van der Waals surface area (Å²) >= 11 is 0. The normalized spacial score (nSPS) is 8.00. The van der Waals surface area contributed by atoms with Gasteiger partial charge in [0.05, 0.1) is 0 Å². The summed E-state index contributed by atoms with van der Waals surface area (Å²) in [5.74, 6) is 0. The lowest BCUT2D eigenvalue weighted by Gasteiger charge is -1.91. The third-order valence-electron chi connectivity index (χ3n) is 0.677. The predicted octanol–water partition coefficient (Wildman–Crippen LogP) is 0.634. The maximum Gasteiger partial charge on any atom is 0.692 e. The molecule has 3 N–H and O–H groups in total. The van der Waals surface area contributed by atoms with Gasteiger partial charge in [-0.25, -0.2) is 0 Å². The Kier molecular flexibility index (Phi) is 14.8. The van der Waals surface area contributed by atoms with Crippen LogP contribution in [0.1, 0.15) is 20.3 Å². The Morgan fingerprint density at radius 3 is 1.90 bits per heavy atom. The molecule has 0 fully saturated rings. The van der Waals surface area contributed by atoms with E-state index in [0.29, 0.717) is 0 Å². The zero-order valence-electron chi connectivity index (χ0n) is 6.37. The molecule has 0 atom stereocenters. The second-order valence-corrected chi connectivity index (χ2v) is 2.11. The van der Waals surface area contributed by atoms with Crippen molar-refractivity contribution in [2.45, 2.75) is 20.3 Å². The lowest BCUT2D eigenvalue weighted by Crippen LogP contribution is -2.12. The third-order valence-corrected chi connectivity index (χ3v) is 0.677. The first-order chi connectivity index (χ1) is 4.65. The van der Waals surface area contributed by atoms with Crippen molar-refractivity contribution in [3.05, 3.63) is 0 Å². The molecule has 10 heavy (non-hydrogen) atoms. The molecular weight excluding hydrogens is 153 g/mol. The molecule has 0 aliphatic heterocycles. The van der Waals surface area contributed by atoms with Crippen LogP contribution >= 0.6 is 8.25 Å². The highest BCUT2D eigenvalue weighted by molar-refractivity contribution is 7.30. The molecule has 0 aromatic heterocycles. The van der Waals surface area contributed by atoms with Crippen LogP contribution in [0, 0.1) is 0 Å². The summed E-state index contributed by atoms with van der Waals surface area (Å²) in [6.07, 6.45) is 1.24. The first-order valence-corrected chi connectivity index (χ1v) is 4.37. The summed E-state index contributed by atoms with van der Waals surface area (Å²) in [5.41, 5.74) is 0. The van der Waals surface area contributed by atoms with E-state index in [0.717, 1.165) is 13.1 Å². The second kappa shape index (κ2) is 11.7. The molecule has 0 unspecified atom stereocenters. The van der Waals surface area contributed by atoms with Crippen molar-refractivity contribution in [2.75, 3.05) is 13.1 Å². The Balaban J connectivity index is 0. The summed E-state index contributed by atoms with van der Waals surface area (Å²) < 4.78 is 8.70. The van der Waals surface area contributed by atoms with E-state index >= 15 is 0 Å². The quantitative estimate of drug-likeness (QED) is 0.427. The summed E-state index contributed by atoms with van der Waals surface area (Å²) in [4.78, 5) is 14.2. The monoisotopic (exact) mass is 168 g/mol. The van der Waals surface area contributed by atoms with Crippen molar-refractivity contribution >= 4 is 8.25 Å².